The molecule has 1 amide bonds. The third-order valence-corrected chi connectivity index (χ3v) is 5.60. The quantitative estimate of drug-likeness (QED) is 0.928. The number of amides is 1. The molecule has 0 aromatic carbocycles. The number of carbonyl (C=O) groups is 1. The van der Waals surface area contributed by atoms with Crippen molar-refractivity contribution < 1.29 is 9.53 Å². The van der Waals surface area contributed by atoms with E-state index >= 15 is 0 Å². The number of aryl methyl sites for hydroxylation is 2. The fourth-order valence-corrected chi connectivity index (χ4v) is 4.20. The number of nitrogens with one attached hydrogen (secondary N) is 1. The highest BCUT2D eigenvalue weighted by atomic mass is 16.5. The van der Waals surface area contributed by atoms with E-state index in [1.54, 1.807) is 0 Å². The number of rotatable bonds is 4. The van der Waals surface area contributed by atoms with Crippen molar-refractivity contribution in [1.82, 2.24) is 15.1 Å². The smallest absolute Gasteiger partial charge is 0.220 e. The van der Waals surface area contributed by atoms with Gasteiger partial charge < -0.3 is 10.1 Å². The summed E-state index contributed by atoms with van der Waals surface area (Å²) >= 11 is 0. The summed E-state index contributed by atoms with van der Waals surface area (Å²) in [6.07, 6.45) is 8.45. The van der Waals surface area contributed by atoms with Crippen LogP contribution in [-0.2, 0) is 23.0 Å². The Morgan fingerprint density at radius 2 is 2.09 bits per heavy atom. The van der Waals surface area contributed by atoms with Crippen molar-refractivity contribution in [2.24, 2.45) is 7.05 Å². The Labute approximate surface area is 138 Å². The third-order valence-electron chi connectivity index (χ3n) is 5.60. The Morgan fingerprint density at radius 1 is 1.35 bits per heavy atom. The first-order valence-corrected chi connectivity index (χ1v) is 8.91. The van der Waals surface area contributed by atoms with Crippen LogP contribution in [0.3, 0.4) is 0 Å². The number of aromatic nitrogens is 2. The maximum atomic E-state index is 12.3. The SMILES string of the molecule is Cc1nn(C)c(C)c1CCC(=O)N[C@@H]1COC2(CCCCC2)C1. The summed E-state index contributed by atoms with van der Waals surface area (Å²) in [4.78, 5) is 12.3. The number of hydrogen-bond acceptors (Lipinski definition) is 3. The predicted octanol–water partition coefficient (Wildman–Crippen LogP) is 2.58. The molecule has 2 aliphatic rings. The second-order valence-corrected chi connectivity index (χ2v) is 7.30. The van der Waals surface area contributed by atoms with Crippen molar-refractivity contribution in [3.63, 3.8) is 0 Å². The van der Waals surface area contributed by atoms with Gasteiger partial charge in [0.25, 0.3) is 0 Å². The molecular weight excluding hydrogens is 290 g/mol. The predicted molar refractivity (Wildman–Crippen MR) is 89.3 cm³/mol. The van der Waals surface area contributed by atoms with E-state index in [1.807, 2.05) is 18.7 Å². The second-order valence-electron chi connectivity index (χ2n) is 7.30. The largest absolute Gasteiger partial charge is 0.373 e. The highest BCUT2D eigenvalue weighted by Crippen LogP contribution is 2.39. The number of carbonyl (C=O) groups excluding carboxylic acids is 1. The molecule has 23 heavy (non-hydrogen) atoms. The first-order valence-electron chi connectivity index (χ1n) is 8.91. The molecule has 1 aromatic rings. The maximum absolute atomic E-state index is 12.3. The first kappa shape index (κ1) is 16.5. The van der Waals surface area contributed by atoms with Gasteiger partial charge >= 0.3 is 0 Å². The zero-order valence-corrected chi connectivity index (χ0v) is 14.7. The molecule has 1 aliphatic heterocycles. The molecule has 128 valence electrons. The van der Waals surface area contributed by atoms with Crippen LogP contribution in [0.2, 0.25) is 0 Å². The minimum atomic E-state index is 0.0622. The maximum Gasteiger partial charge on any atom is 0.220 e. The molecule has 1 saturated carbocycles. The Kier molecular flexibility index (Phi) is 4.76. The number of ether oxygens (including phenoxy) is 1. The van der Waals surface area contributed by atoms with Crippen molar-refractivity contribution in [1.29, 1.82) is 0 Å². The molecule has 5 nitrogen and oxygen atoms in total. The molecule has 1 spiro atoms. The van der Waals surface area contributed by atoms with E-state index in [0.29, 0.717) is 13.0 Å². The van der Waals surface area contributed by atoms with Crippen LogP contribution in [0.5, 0.6) is 0 Å². The lowest BCUT2D eigenvalue weighted by molar-refractivity contribution is -0.121. The van der Waals surface area contributed by atoms with Gasteiger partial charge in [-0.1, -0.05) is 19.3 Å². The third kappa shape index (κ3) is 3.60. The van der Waals surface area contributed by atoms with Gasteiger partial charge in [-0.25, -0.2) is 0 Å². The standard InChI is InChI=1S/C18H29N3O2/c1-13-16(14(2)21(3)20-13)7-8-17(22)19-15-11-18(23-12-15)9-5-4-6-10-18/h15H,4-12H2,1-3H3,(H,19,22)/t15-/m0/s1. The van der Waals surface area contributed by atoms with E-state index in [1.165, 1.54) is 24.8 Å². The van der Waals surface area contributed by atoms with Gasteiger partial charge in [-0.05, 0) is 45.1 Å². The molecule has 1 saturated heterocycles. The lowest BCUT2D eigenvalue weighted by Crippen LogP contribution is -2.37. The Hall–Kier alpha value is -1.36. The van der Waals surface area contributed by atoms with Crippen molar-refractivity contribution in [3.8, 4) is 0 Å². The van der Waals surface area contributed by atoms with Crippen LogP contribution in [-0.4, -0.2) is 33.9 Å². The first-order chi connectivity index (χ1) is 11.0. The normalized spacial score (nSPS) is 23.3. The molecule has 1 aromatic heterocycles. The van der Waals surface area contributed by atoms with E-state index in [4.69, 9.17) is 4.74 Å². The Bertz CT molecular complexity index is 573. The van der Waals surface area contributed by atoms with Crippen LogP contribution in [0, 0.1) is 13.8 Å². The highest BCUT2D eigenvalue weighted by Gasteiger charge is 2.41. The van der Waals surface area contributed by atoms with Crippen LogP contribution in [0.4, 0.5) is 0 Å². The lowest BCUT2D eigenvalue weighted by atomic mass is 9.82. The molecular formula is C18H29N3O2. The van der Waals surface area contributed by atoms with Crippen LogP contribution in [0.15, 0.2) is 0 Å². The summed E-state index contributed by atoms with van der Waals surface area (Å²) < 4.78 is 7.96. The average molecular weight is 319 g/mol. The molecule has 2 fully saturated rings. The fraction of sp³-hybridized carbons (Fsp3) is 0.778. The topological polar surface area (TPSA) is 56.2 Å². The van der Waals surface area contributed by atoms with Gasteiger partial charge in [0.05, 0.1) is 23.9 Å². The molecule has 0 bridgehead atoms. The van der Waals surface area contributed by atoms with Crippen molar-refractivity contribution in [3.05, 3.63) is 17.0 Å². The molecule has 5 heteroatoms. The molecule has 0 radical (unpaired) electrons. The van der Waals surface area contributed by atoms with Crippen molar-refractivity contribution in [2.75, 3.05) is 6.61 Å². The summed E-state index contributed by atoms with van der Waals surface area (Å²) in [7, 11) is 1.95. The zero-order chi connectivity index (χ0) is 16.4. The van der Waals surface area contributed by atoms with E-state index in [2.05, 4.69) is 17.3 Å². The van der Waals surface area contributed by atoms with Crippen LogP contribution < -0.4 is 5.32 Å². The van der Waals surface area contributed by atoms with Crippen molar-refractivity contribution in [2.45, 2.75) is 76.9 Å². The molecule has 2 heterocycles. The summed E-state index contributed by atoms with van der Waals surface area (Å²) in [5.74, 6) is 0.133. The van der Waals surface area contributed by atoms with Gasteiger partial charge in [0, 0.05) is 19.2 Å². The minimum absolute atomic E-state index is 0.0622. The van der Waals surface area contributed by atoms with Crippen LogP contribution >= 0.6 is 0 Å². The second kappa shape index (κ2) is 6.63. The van der Waals surface area contributed by atoms with Crippen LogP contribution in [0.25, 0.3) is 0 Å². The Balaban J connectivity index is 1.48. The van der Waals surface area contributed by atoms with Crippen LogP contribution in [0.1, 0.15) is 61.9 Å². The van der Waals surface area contributed by atoms with Crippen molar-refractivity contribution >= 4 is 5.91 Å². The molecule has 1 aliphatic carbocycles. The molecule has 1 N–H and O–H groups in total. The van der Waals surface area contributed by atoms with Gasteiger partial charge in [-0.3, -0.25) is 9.48 Å². The number of nitrogens with zero attached hydrogens (tertiary/aromatic N) is 2. The summed E-state index contributed by atoms with van der Waals surface area (Å²) in [6, 6.07) is 0.191. The van der Waals surface area contributed by atoms with E-state index in [9.17, 15) is 4.79 Å². The van der Waals surface area contributed by atoms with E-state index in [0.717, 1.165) is 37.1 Å². The summed E-state index contributed by atoms with van der Waals surface area (Å²) in [5, 5.41) is 7.59. The Morgan fingerprint density at radius 3 is 2.74 bits per heavy atom. The monoisotopic (exact) mass is 319 g/mol. The number of hydrogen-bond donors (Lipinski definition) is 1. The highest BCUT2D eigenvalue weighted by molar-refractivity contribution is 5.76. The molecule has 3 rings (SSSR count). The van der Waals surface area contributed by atoms with Gasteiger partial charge in [0.1, 0.15) is 0 Å². The lowest BCUT2D eigenvalue weighted by Gasteiger charge is -2.32. The minimum Gasteiger partial charge on any atom is -0.373 e. The molecule has 0 unspecified atom stereocenters. The molecule has 1 atom stereocenters. The fourth-order valence-electron chi connectivity index (χ4n) is 4.20. The summed E-state index contributed by atoms with van der Waals surface area (Å²) in [6.45, 7) is 4.75. The van der Waals surface area contributed by atoms with Gasteiger partial charge in [0.15, 0.2) is 0 Å². The summed E-state index contributed by atoms with van der Waals surface area (Å²) in [5.41, 5.74) is 3.45. The van der Waals surface area contributed by atoms with Gasteiger partial charge in [-0.15, -0.1) is 0 Å². The van der Waals surface area contributed by atoms with Gasteiger partial charge in [-0.2, -0.15) is 5.10 Å². The van der Waals surface area contributed by atoms with Gasteiger partial charge in [0.2, 0.25) is 5.91 Å². The van der Waals surface area contributed by atoms with E-state index in [-0.39, 0.29) is 17.6 Å². The van der Waals surface area contributed by atoms with E-state index < -0.39 is 0 Å². The zero-order valence-electron chi connectivity index (χ0n) is 14.7. The average Bonchev–Trinajstić information content (AvgIpc) is 3.00.